The molecule has 2 heterocycles. The van der Waals surface area contributed by atoms with Crippen LogP contribution in [0.15, 0.2) is 28.9 Å². The van der Waals surface area contributed by atoms with Gasteiger partial charge in [-0.3, -0.25) is 4.79 Å². The summed E-state index contributed by atoms with van der Waals surface area (Å²) in [6, 6.07) is 2.57. The predicted octanol–water partition coefficient (Wildman–Crippen LogP) is 4.26. The summed E-state index contributed by atoms with van der Waals surface area (Å²) in [7, 11) is 0. The SMILES string of the molecule is Cc1oc2ncnc(NC3(C)CC3)c2c1C(=O)NC(C)c1cc(F)cc(F)c1. The first-order valence-electron chi connectivity index (χ1n) is 9.05. The highest BCUT2D eigenvalue weighted by Crippen LogP contribution is 2.40. The van der Waals surface area contributed by atoms with Gasteiger partial charge in [0.1, 0.15) is 29.5 Å². The number of carbonyl (C=O) groups excluding carboxylic acids is 1. The number of halogens is 2. The smallest absolute Gasteiger partial charge is 0.256 e. The zero-order valence-corrected chi connectivity index (χ0v) is 15.8. The Morgan fingerprint density at radius 1 is 1.21 bits per heavy atom. The van der Waals surface area contributed by atoms with E-state index in [4.69, 9.17) is 4.42 Å². The van der Waals surface area contributed by atoms with E-state index >= 15 is 0 Å². The van der Waals surface area contributed by atoms with E-state index in [0.717, 1.165) is 18.9 Å². The van der Waals surface area contributed by atoms with E-state index in [1.807, 2.05) is 0 Å². The van der Waals surface area contributed by atoms with Crippen LogP contribution in [0.2, 0.25) is 0 Å². The molecule has 146 valence electrons. The molecule has 0 radical (unpaired) electrons. The molecule has 1 aliphatic rings. The summed E-state index contributed by atoms with van der Waals surface area (Å²) < 4.78 is 32.6. The molecule has 1 aliphatic carbocycles. The van der Waals surface area contributed by atoms with Crippen LogP contribution in [-0.4, -0.2) is 21.4 Å². The van der Waals surface area contributed by atoms with Crippen LogP contribution >= 0.6 is 0 Å². The number of anilines is 1. The van der Waals surface area contributed by atoms with Crippen molar-refractivity contribution in [2.45, 2.75) is 45.2 Å². The van der Waals surface area contributed by atoms with E-state index in [-0.39, 0.29) is 5.54 Å². The minimum absolute atomic E-state index is 0.0490. The summed E-state index contributed by atoms with van der Waals surface area (Å²) in [5, 5.41) is 6.63. The van der Waals surface area contributed by atoms with Gasteiger partial charge in [-0.25, -0.2) is 18.7 Å². The summed E-state index contributed by atoms with van der Waals surface area (Å²) in [6.07, 6.45) is 3.41. The Morgan fingerprint density at radius 2 is 1.89 bits per heavy atom. The minimum Gasteiger partial charge on any atom is -0.442 e. The zero-order valence-electron chi connectivity index (χ0n) is 15.8. The highest BCUT2D eigenvalue weighted by Gasteiger charge is 2.38. The van der Waals surface area contributed by atoms with Crippen molar-refractivity contribution in [2.24, 2.45) is 0 Å². The second-order valence-corrected chi connectivity index (χ2v) is 7.52. The van der Waals surface area contributed by atoms with Crippen LogP contribution in [0.1, 0.15) is 54.4 Å². The first-order chi connectivity index (χ1) is 13.3. The number of aromatic nitrogens is 2. The Labute approximate surface area is 160 Å². The van der Waals surface area contributed by atoms with Crippen LogP contribution < -0.4 is 10.6 Å². The molecule has 2 N–H and O–H groups in total. The lowest BCUT2D eigenvalue weighted by molar-refractivity contribution is 0.0939. The summed E-state index contributed by atoms with van der Waals surface area (Å²) >= 11 is 0. The average Bonchev–Trinajstić information content (AvgIpc) is 3.22. The van der Waals surface area contributed by atoms with Gasteiger partial charge in [0.25, 0.3) is 5.91 Å². The van der Waals surface area contributed by atoms with Gasteiger partial charge in [-0.05, 0) is 51.3 Å². The summed E-state index contributed by atoms with van der Waals surface area (Å²) in [5.41, 5.74) is 0.906. The van der Waals surface area contributed by atoms with Gasteiger partial charge in [0.05, 0.1) is 17.0 Å². The normalized spacial score (nSPS) is 16.0. The van der Waals surface area contributed by atoms with Gasteiger partial charge in [0, 0.05) is 11.6 Å². The lowest BCUT2D eigenvalue weighted by Crippen LogP contribution is -2.27. The number of carbonyl (C=O) groups is 1. The Balaban J connectivity index is 1.67. The van der Waals surface area contributed by atoms with Gasteiger partial charge < -0.3 is 15.1 Å². The fraction of sp³-hybridized carbons (Fsp3) is 0.350. The number of benzene rings is 1. The third-order valence-electron chi connectivity index (χ3n) is 5.04. The summed E-state index contributed by atoms with van der Waals surface area (Å²) in [6.45, 7) is 5.41. The van der Waals surface area contributed by atoms with Crippen molar-refractivity contribution < 1.29 is 18.0 Å². The lowest BCUT2D eigenvalue weighted by atomic mass is 10.1. The van der Waals surface area contributed by atoms with E-state index in [9.17, 15) is 13.6 Å². The van der Waals surface area contributed by atoms with Crippen molar-refractivity contribution in [3.8, 4) is 0 Å². The monoisotopic (exact) mass is 386 g/mol. The van der Waals surface area contributed by atoms with Gasteiger partial charge in [0.2, 0.25) is 5.71 Å². The molecule has 1 fully saturated rings. The molecule has 2 aromatic heterocycles. The number of hydrogen-bond acceptors (Lipinski definition) is 5. The molecule has 1 aromatic carbocycles. The molecule has 0 spiro atoms. The van der Waals surface area contributed by atoms with Crippen LogP contribution in [-0.2, 0) is 0 Å². The van der Waals surface area contributed by atoms with Crippen LogP contribution in [0.3, 0.4) is 0 Å². The number of amides is 1. The van der Waals surface area contributed by atoms with Crippen LogP contribution in [0, 0.1) is 18.6 Å². The Morgan fingerprint density at radius 3 is 2.54 bits per heavy atom. The highest BCUT2D eigenvalue weighted by atomic mass is 19.1. The number of nitrogens with one attached hydrogen (secondary N) is 2. The molecule has 3 aromatic rings. The topological polar surface area (TPSA) is 80.1 Å². The van der Waals surface area contributed by atoms with E-state index in [0.29, 0.717) is 33.8 Å². The van der Waals surface area contributed by atoms with Crippen molar-refractivity contribution in [3.63, 3.8) is 0 Å². The first kappa shape index (κ1) is 18.3. The molecule has 1 unspecified atom stereocenters. The quantitative estimate of drug-likeness (QED) is 0.685. The van der Waals surface area contributed by atoms with Gasteiger partial charge in [-0.15, -0.1) is 0 Å². The maximum absolute atomic E-state index is 13.5. The van der Waals surface area contributed by atoms with Gasteiger partial charge in [-0.2, -0.15) is 0 Å². The number of furan rings is 1. The molecule has 0 aliphatic heterocycles. The molecule has 28 heavy (non-hydrogen) atoms. The lowest BCUT2D eigenvalue weighted by Gasteiger charge is -2.16. The largest absolute Gasteiger partial charge is 0.442 e. The van der Waals surface area contributed by atoms with Gasteiger partial charge >= 0.3 is 0 Å². The average molecular weight is 386 g/mol. The molecule has 1 atom stereocenters. The third kappa shape index (κ3) is 3.42. The molecular formula is C20H20F2N4O2. The first-order valence-corrected chi connectivity index (χ1v) is 9.05. The van der Waals surface area contributed by atoms with Crippen molar-refractivity contribution in [2.75, 3.05) is 5.32 Å². The summed E-state index contributed by atoms with van der Waals surface area (Å²) in [4.78, 5) is 21.4. The maximum atomic E-state index is 13.5. The molecule has 0 saturated heterocycles. The number of aryl methyl sites for hydroxylation is 1. The number of hydrogen-bond donors (Lipinski definition) is 2. The predicted molar refractivity (Wildman–Crippen MR) is 100 cm³/mol. The molecule has 1 amide bonds. The van der Waals surface area contributed by atoms with E-state index in [2.05, 4.69) is 27.5 Å². The molecule has 4 rings (SSSR count). The fourth-order valence-corrected chi connectivity index (χ4v) is 3.19. The molecule has 0 bridgehead atoms. The Hall–Kier alpha value is -3.03. The molecular weight excluding hydrogens is 366 g/mol. The fourth-order valence-electron chi connectivity index (χ4n) is 3.19. The number of rotatable bonds is 5. The van der Waals surface area contributed by atoms with Gasteiger partial charge in [0.15, 0.2) is 0 Å². The number of nitrogens with zero attached hydrogens (tertiary/aromatic N) is 2. The van der Waals surface area contributed by atoms with Crippen molar-refractivity contribution in [1.29, 1.82) is 0 Å². The van der Waals surface area contributed by atoms with Gasteiger partial charge in [-0.1, -0.05) is 0 Å². The van der Waals surface area contributed by atoms with Crippen molar-refractivity contribution >= 4 is 22.8 Å². The second-order valence-electron chi connectivity index (χ2n) is 7.52. The standard InChI is InChI=1S/C20H20F2N4O2/c1-10(12-6-13(21)8-14(22)7-12)25-18(27)15-11(2)28-19-16(15)17(23-9-24-19)26-20(3)4-5-20/h6-10H,4-5H2,1-3H3,(H,25,27)(H,23,24,26). The van der Waals surface area contributed by atoms with Crippen molar-refractivity contribution in [1.82, 2.24) is 15.3 Å². The number of fused-ring (bicyclic) bond motifs is 1. The van der Waals surface area contributed by atoms with Crippen LogP contribution in [0.25, 0.3) is 11.1 Å². The van der Waals surface area contributed by atoms with Crippen molar-refractivity contribution in [3.05, 3.63) is 53.0 Å². The Kier molecular flexibility index (Phi) is 4.28. The van der Waals surface area contributed by atoms with Crippen LogP contribution in [0.5, 0.6) is 0 Å². The Bertz CT molecular complexity index is 1060. The van der Waals surface area contributed by atoms with E-state index < -0.39 is 23.6 Å². The summed E-state index contributed by atoms with van der Waals surface area (Å²) in [5.74, 6) is -0.879. The molecule has 8 heteroatoms. The highest BCUT2D eigenvalue weighted by molar-refractivity contribution is 6.10. The maximum Gasteiger partial charge on any atom is 0.256 e. The second kappa shape index (κ2) is 6.54. The molecule has 1 saturated carbocycles. The van der Waals surface area contributed by atoms with E-state index in [1.165, 1.54) is 18.5 Å². The third-order valence-corrected chi connectivity index (χ3v) is 5.04. The molecule has 6 nitrogen and oxygen atoms in total. The zero-order chi connectivity index (χ0) is 20.1. The van der Waals surface area contributed by atoms with E-state index in [1.54, 1.807) is 13.8 Å². The van der Waals surface area contributed by atoms with Crippen LogP contribution in [0.4, 0.5) is 14.6 Å². The minimum atomic E-state index is -0.696.